The Morgan fingerprint density at radius 3 is 2.30 bits per heavy atom. The van der Waals surface area contributed by atoms with Crippen molar-refractivity contribution in [2.45, 2.75) is 78.3 Å². The zero-order valence-electron chi connectivity index (χ0n) is 30.5. The maximum atomic E-state index is 14.1. The molecule has 5 N–H and O–H groups in total. The largest absolute Gasteiger partial charge is 0.603 e. The van der Waals surface area contributed by atoms with Crippen LogP contribution in [-0.4, -0.2) is 64.4 Å². The number of aromatic nitrogens is 2. The molecule has 0 radical (unpaired) electrons. The number of ether oxygens (including phenoxy) is 1. The highest BCUT2D eigenvalue weighted by Gasteiger charge is 2.31. The van der Waals surface area contributed by atoms with Gasteiger partial charge in [-0.3, -0.25) is 14.4 Å². The number of benzene rings is 3. The minimum absolute atomic E-state index is 0.00339. The van der Waals surface area contributed by atoms with E-state index in [1.54, 1.807) is 0 Å². The predicted octanol–water partition coefficient (Wildman–Crippen LogP) is 4.27. The third-order valence-corrected chi connectivity index (χ3v) is 9.41. The molecule has 282 valence electrons. The van der Waals surface area contributed by atoms with E-state index in [0.717, 1.165) is 34.1 Å². The van der Waals surface area contributed by atoms with E-state index in [-0.39, 0.29) is 37.7 Å². The number of fused-ring (bicyclic) bond motifs is 1. The van der Waals surface area contributed by atoms with Crippen LogP contribution in [0.15, 0.2) is 85.3 Å². The minimum Gasteiger partial charge on any atom is -0.603 e. The molecule has 4 rings (SSSR count). The fourth-order valence-corrected chi connectivity index (χ4v) is 6.17. The number of carbonyl (C=O) groups is 4. The first-order valence-electron chi connectivity index (χ1n) is 17.8. The Morgan fingerprint density at radius 2 is 1.58 bits per heavy atom. The number of aromatic amines is 1. The number of carbonyl (C=O) groups excluding carboxylic acids is 4. The Bertz CT molecular complexity index is 1810. The molecule has 14 heteroatoms. The van der Waals surface area contributed by atoms with Crippen LogP contribution in [-0.2, 0) is 43.1 Å². The molecule has 1 aromatic heterocycles. The summed E-state index contributed by atoms with van der Waals surface area (Å²) in [6, 6.07) is 20.3. The predicted molar refractivity (Wildman–Crippen MR) is 203 cm³/mol. The topological polar surface area (TPSA) is 187 Å². The second kappa shape index (κ2) is 20.8. The Labute approximate surface area is 311 Å². The van der Waals surface area contributed by atoms with Gasteiger partial charge in [0.2, 0.25) is 25.6 Å². The summed E-state index contributed by atoms with van der Waals surface area (Å²) in [4.78, 5) is 73.3. The minimum atomic E-state index is -2.58. The number of imidazole rings is 1. The van der Waals surface area contributed by atoms with Crippen molar-refractivity contribution in [1.29, 1.82) is 0 Å². The Hall–Kier alpha value is -5.10. The first kappa shape index (κ1) is 40.7. The fourth-order valence-electron chi connectivity index (χ4n) is 5.44. The normalized spacial score (nSPS) is 13.8. The number of amides is 4. The highest BCUT2D eigenvalue weighted by Crippen LogP contribution is 2.21. The van der Waals surface area contributed by atoms with Gasteiger partial charge in [0.25, 0.3) is 5.91 Å². The number of nitrogens with zero attached hydrogens (tertiary/aromatic N) is 1. The summed E-state index contributed by atoms with van der Waals surface area (Å²) in [5.41, 5.74) is 2.14. The summed E-state index contributed by atoms with van der Waals surface area (Å²) >= 11 is 0. The molecule has 0 saturated carbocycles. The average molecular weight is 745 g/mol. The zero-order valence-corrected chi connectivity index (χ0v) is 31.4. The van der Waals surface area contributed by atoms with Crippen LogP contribution in [0.3, 0.4) is 0 Å². The summed E-state index contributed by atoms with van der Waals surface area (Å²) in [6.45, 7) is 8.23. The van der Waals surface area contributed by atoms with Crippen molar-refractivity contribution in [2.24, 2.45) is 11.8 Å². The van der Waals surface area contributed by atoms with Crippen LogP contribution in [0.1, 0.15) is 57.4 Å². The number of hydrogen-bond donors (Lipinski definition) is 5. The van der Waals surface area contributed by atoms with E-state index in [9.17, 15) is 24.1 Å². The molecule has 5 atom stereocenters. The lowest BCUT2D eigenvalue weighted by Gasteiger charge is -2.25. The zero-order chi connectivity index (χ0) is 38.2. The Balaban J connectivity index is 1.54. The van der Waals surface area contributed by atoms with Crippen LogP contribution in [0.5, 0.6) is 0 Å². The molecule has 2 unspecified atom stereocenters. The van der Waals surface area contributed by atoms with Crippen molar-refractivity contribution in [2.75, 3.05) is 6.54 Å². The van der Waals surface area contributed by atoms with E-state index >= 15 is 0 Å². The van der Waals surface area contributed by atoms with Gasteiger partial charge in [-0.15, -0.1) is 0 Å². The second-order valence-corrected chi connectivity index (χ2v) is 14.4. The van der Waals surface area contributed by atoms with Crippen molar-refractivity contribution >= 4 is 48.4 Å². The molecule has 0 aliphatic carbocycles. The lowest BCUT2D eigenvalue weighted by Crippen LogP contribution is -2.56. The fraction of sp³-hybridized carbons (Fsp3) is 0.385. The van der Waals surface area contributed by atoms with E-state index in [0.29, 0.717) is 12.2 Å². The van der Waals surface area contributed by atoms with Gasteiger partial charge in [-0.05, 0) is 40.2 Å². The third-order valence-electron chi connectivity index (χ3n) is 8.50. The van der Waals surface area contributed by atoms with Gasteiger partial charge in [-0.25, -0.2) is 9.78 Å². The molecule has 0 aliphatic rings. The number of H-pyrrole nitrogens is 1. The van der Waals surface area contributed by atoms with Crippen molar-refractivity contribution in [1.82, 2.24) is 31.2 Å². The monoisotopic (exact) mass is 744 g/mol. The summed E-state index contributed by atoms with van der Waals surface area (Å²) in [5.74, 6) is -0.562. The number of rotatable bonds is 19. The van der Waals surface area contributed by atoms with Gasteiger partial charge in [0.1, 0.15) is 18.7 Å². The van der Waals surface area contributed by atoms with Gasteiger partial charge in [0.15, 0.2) is 6.23 Å². The molecule has 0 fully saturated rings. The van der Waals surface area contributed by atoms with Gasteiger partial charge in [-0.2, -0.15) is 4.52 Å². The lowest BCUT2D eigenvalue weighted by atomic mass is 9.98. The molecule has 0 spiro atoms. The SMILES string of the molecule is CCC(C)CNC(=O)/C=[P+](\[O-])O[C@@H](CC(C)C)NC(=O)[C@H](Cc1cnc[nH]1)NC(=O)[C@H](Cc1cccc2ccccc12)NC(=O)OCc1ccccc1. The first-order valence-corrected chi connectivity index (χ1v) is 19.0. The quantitative estimate of drug-likeness (QED) is 0.0696. The van der Waals surface area contributed by atoms with Gasteiger partial charge < -0.3 is 35.9 Å². The van der Waals surface area contributed by atoms with Crippen LogP contribution in [0, 0.1) is 11.8 Å². The maximum absolute atomic E-state index is 14.1. The number of alkyl carbamates (subject to hydrolysis) is 1. The van der Waals surface area contributed by atoms with E-state index in [1.807, 2.05) is 100 Å². The molecule has 3 aromatic carbocycles. The average Bonchev–Trinajstić information content (AvgIpc) is 3.66. The van der Waals surface area contributed by atoms with Gasteiger partial charge >= 0.3 is 6.09 Å². The summed E-state index contributed by atoms with van der Waals surface area (Å²) in [7, 11) is -2.58. The van der Waals surface area contributed by atoms with E-state index in [4.69, 9.17) is 9.26 Å². The number of hydrogen-bond acceptors (Lipinski definition) is 8. The molecule has 0 aliphatic heterocycles. The van der Waals surface area contributed by atoms with Crippen LogP contribution in [0.4, 0.5) is 4.79 Å². The van der Waals surface area contributed by atoms with Crippen LogP contribution >= 0.6 is 8.00 Å². The highest BCUT2D eigenvalue weighted by molar-refractivity contribution is 7.47. The van der Waals surface area contributed by atoms with Gasteiger partial charge in [0, 0.05) is 31.3 Å². The summed E-state index contributed by atoms with van der Waals surface area (Å²) in [6.07, 6.45) is 2.41. The van der Waals surface area contributed by atoms with E-state index in [2.05, 4.69) is 31.2 Å². The van der Waals surface area contributed by atoms with E-state index in [1.165, 1.54) is 12.5 Å². The Morgan fingerprint density at radius 1 is 0.887 bits per heavy atom. The molecule has 53 heavy (non-hydrogen) atoms. The second-order valence-electron chi connectivity index (χ2n) is 13.3. The van der Waals surface area contributed by atoms with Crippen molar-refractivity contribution in [3.8, 4) is 0 Å². The van der Waals surface area contributed by atoms with Crippen LogP contribution in [0.25, 0.3) is 10.8 Å². The molecule has 13 nitrogen and oxygen atoms in total. The van der Waals surface area contributed by atoms with E-state index < -0.39 is 50.1 Å². The van der Waals surface area contributed by atoms with Crippen molar-refractivity contribution in [3.63, 3.8) is 0 Å². The van der Waals surface area contributed by atoms with Gasteiger partial charge in [-0.1, -0.05) is 107 Å². The smallest absolute Gasteiger partial charge is 0.408 e. The summed E-state index contributed by atoms with van der Waals surface area (Å²) < 4.78 is 11.1. The molecule has 0 saturated heterocycles. The Kier molecular flexibility index (Phi) is 16.0. The van der Waals surface area contributed by atoms with Crippen LogP contribution in [0.2, 0.25) is 0 Å². The summed E-state index contributed by atoms with van der Waals surface area (Å²) in [5, 5.41) is 12.9. The molecular weight excluding hydrogens is 695 g/mol. The van der Waals surface area contributed by atoms with Gasteiger partial charge in [0.05, 0.1) is 6.33 Å². The van der Waals surface area contributed by atoms with Crippen LogP contribution < -0.4 is 26.2 Å². The maximum Gasteiger partial charge on any atom is 0.408 e. The first-order chi connectivity index (χ1) is 25.5. The van der Waals surface area contributed by atoms with Crippen molar-refractivity contribution in [3.05, 3.63) is 102 Å². The third kappa shape index (κ3) is 13.8. The molecular formula is C39H49N6O7P. The highest BCUT2D eigenvalue weighted by atomic mass is 31.1. The molecule has 4 aromatic rings. The number of nitrogens with one attached hydrogen (secondary N) is 5. The lowest BCUT2D eigenvalue weighted by molar-refractivity contribution is -0.177. The van der Waals surface area contributed by atoms with Crippen molar-refractivity contribution < 1.29 is 33.3 Å². The standard InChI is InChI=1S/C39H49N6O7P/c1-5-27(4)21-41-35(46)24-53(50)52-36(18-26(2)3)45-38(48)34(20-31-22-40-25-42-31)43-37(47)33(44-39(49)51-23-28-12-7-6-8-13-28)19-30-16-11-15-29-14-9-10-17-32(29)30/h6-17,22,24-27,33-34,36H,5,18-21,23H2,1-4H3,(H,40,42)(H,41,46)(H,43,47)(H,44,49)(H,45,48)/t27?,33-,34-,36-/m0/s1. The molecule has 4 amide bonds. The molecule has 1 heterocycles. The molecule has 0 bridgehead atoms.